The summed E-state index contributed by atoms with van der Waals surface area (Å²) in [6.45, 7) is 4.19. The maximum atomic E-state index is 12.5. The highest BCUT2D eigenvalue weighted by Gasteiger charge is 2.21. The number of halogens is 1. The van der Waals surface area contributed by atoms with Crippen LogP contribution in [-0.2, 0) is 11.3 Å². The molecule has 1 N–H and O–H groups in total. The third kappa shape index (κ3) is 3.05. The molecule has 1 atom stereocenters. The van der Waals surface area contributed by atoms with Crippen molar-refractivity contribution in [2.45, 2.75) is 19.5 Å². The molecule has 6 nitrogen and oxygen atoms in total. The summed E-state index contributed by atoms with van der Waals surface area (Å²) >= 11 is 3.35. The van der Waals surface area contributed by atoms with E-state index in [1.165, 1.54) is 10.9 Å². The van der Waals surface area contributed by atoms with E-state index in [1.54, 1.807) is 17.0 Å². The first-order chi connectivity index (χ1) is 10.5. The Morgan fingerprint density at radius 1 is 1.50 bits per heavy atom. The zero-order valence-electron chi connectivity index (χ0n) is 12.3. The minimum absolute atomic E-state index is 0.0288. The number of nitrogens with one attached hydrogen (secondary N) is 1. The number of nitrogens with zero attached hydrogens (tertiary/aromatic N) is 3. The number of aromatic nitrogens is 2. The van der Waals surface area contributed by atoms with Crippen LogP contribution in [0.2, 0.25) is 0 Å². The van der Waals surface area contributed by atoms with E-state index < -0.39 is 0 Å². The summed E-state index contributed by atoms with van der Waals surface area (Å²) in [5, 5.41) is 3.80. The van der Waals surface area contributed by atoms with Crippen LogP contribution in [-0.4, -0.2) is 46.0 Å². The fraction of sp³-hybridized carbons (Fsp3) is 0.400. The molecule has 1 fully saturated rings. The Morgan fingerprint density at radius 3 is 3.09 bits per heavy atom. The molecule has 1 aromatic heterocycles. The van der Waals surface area contributed by atoms with Crippen molar-refractivity contribution in [1.29, 1.82) is 0 Å². The molecule has 2 heterocycles. The first-order valence-corrected chi connectivity index (χ1v) is 8.00. The predicted molar refractivity (Wildman–Crippen MR) is 87.7 cm³/mol. The van der Waals surface area contributed by atoms with Gasteiger partial charge in [-0.3, -0.25) is 14.2 Å². The molecule has 3 rings (SSSR count). The van der Waals surface area contributed by atoms with Crippen LogP contribution in [0, 0.1) is 0 Å². The molecule has 2 aromatic rings. The molecule has 1 amide bonds. The van der Waals surface area contributed by atoms with Crippen molar-refractivity contribution in [1.82, 2.24) is 19.8 Å². The molecule has 0 radical (unpaired) electrons. The molecule has 7 heteroatoms. The van der Waals surface area contributed by atoms with Gasteiger partial charge in [-0.05, 0) is 25.1 Å². The third-order valence-electron chi connectivity index (χ3n) is 3.81. The second-order valence-corrected chi connectivity index (χ2v) is 6.45. The molecule has 0 aliphatic carbocycles. The lowest BCUT2D eigenvalue weighted by Crippen LogP contribution is -2.52. The lowest BCUT2D eigenvalue weighted by Gasteiger charge is -2.32. The number of fused-ring (bicyclic) bond motifs is 1. The van der Waals surface area contributed by atoms with E-state index in [0.717, 1.165) is 11.0 Å². The maximum Gasteiger partial charge on any atom is 0.261 e. The molecule has 1 aliphatic rings. The van der Waals surface area contributed by atoms with Gasteiger partial charge in [-0.25, -0.2) is 4.98 Å². The van der Waals surface area contributed by atoms with E-state index in [-0.39, 0.29) is 24.1 Å². The summed E-state index contributed by atoms with van der Waals surface area (Å²) in [5.74, 6) is -0.0494. The summed E-state index contributed by atoms with van der Waals surface area (Å²) < 4.78 is 2.20. The minimum atomic E-state index is -0.192. The molecule has 0 spiro atoms. The van der Waals surface area contributed by atoms with Gasteiger partial charge in [0.25, 0.3) is 5.56 Å². The van der Waals surface area contributed by atoms with Crippen molar-refractivity contribution in [2.75, 3.05) is 19.6 Å². The van der Waals surface area contributed by atoms with Gasteiger partial charge in [-0.2, -0.15) is 0 Å². The minimum Gasteiger partial charge on any atom is -0.338 e. The van der Waals surface area contributed by atoms with E-state index in [4.69, 9.17) is 0 Å². The first kappa shape index (κ1) is 15.2. The van der Waals surface area contributed by atoms with Crippen LogP contribution >= 0.6 is 15.9 Å². The Kier molecular flexibility index (Phi) is 4.26. The Hall–Kier alpha value is -1.73. The van der Waals surface area contributed by atoms with Crippen molar-refractivity contribution in [3.63, 3.8) is 0 Å². The van der Waals surface area contributed by atoms with Crippen LogP contribution in [0.25, 0.3) is 10.9 Å². The monoisotopic (exact) mass is 364 g/mol. The zero-order chi connectivity index (χ0) is 15.7. The largest absolute Gasteiger partial charge is 0.338 e. The molecule has 1 aromatic carbocycles. The second-order valence-electron chi connectivity index (χ2n) is 5.53. The normalized spacial score (nSPS) is 18.6. The van der Waals surface area contributed by atoms with Gasteiger partial charge in [0.15, 0.2) is 0 Å². The Labute approximate surface area is 136 Å². The van der Waals surface area contributed by atoms with Crippen LogP contribution < -0.4 is 10.9 Å². The average molecular weight is 365 g/mol. The fourth-order valence-corrected chi connectivity index (χ4v) is 3.01. The van der Waals surface area contributed by atoms with Crippen molar-refractivity contribution in [2.24, 2.45) is 0 Å². The summed E-state index contributed by atoms with van der Waals surface area (Å²) in [6, 6.07) is 5.63. The lowest BCUT2D eigenvalue weighted by molar-refractivity contribution is -0.133. The van der Waals surface area contributed by atoms with Crippen LogP contribution in [0.3, 0.4) is 0 Å². The molecule has 1 aliphatic heterocycles. The predicted octanol–water partition coefficient (Wildman–Crippen LogP) is 0.979. The van der Waals surface area contributed by atoms with Crippen LogP contribution in [0.15, 0.2) is 33.8 Å². The molecule has 0 bridgehead atoms. The zero-order valence-corrected chi connectivity index (χ0v) is 13.8. The Morgan fingerprint density at radius 2 is 2.32 bits per heavy atom. The van der Waals surface area contributed by atoms with Gasteiger partial charge in [0.2, 0.25) is 5.91 Å². The quantitative estimate of drug-likeness (QED) is 0.862. The van der Waals surface area contributed by atoms with Crippen LogP contribution in [0.4, 0.5) is 0 Å². The van der Waals surface area contributed by atoms with Crippen molar-refractivity contribution < 1.29 is 4.79 Å². The van der Waals surface area contributed by atoms with Crippen molar-refractivity contribution >= 4 is 32.7 Å². The van der Waals surface area contributed by atoms with Gasteiger partial charge in [0, 0.05) is 30.1 Å². The Balaban J connectivity index is 1.86. The summed E-state index contributed by atoms with van der Waals surface area (Å²) in [5.41, 5.74) is 0.440. The SMILES string of the molecule is CC1CN(C(=O)Cn2cnc3ccc(Br)cc3c2=O)CCN1. The highest BCUT2D eigenvalue weighted by atomic mass is 79.9. The number of carbonyl (C=O) groups is 1. The van der Waals surface area contributed by atoms with Gasteiger partial charge < -0.3 is 10.2 Å². The van der Waals surface area contributed by atoms with Gasteiger partial charge in [0.05, 0.1) is 17.2 Å². The van der Waals surface area contributed by atoms with Crippen LogP contribution in [0.5, 0.6) is 0 Å². The van der Waals surface area contributed by atoms with Crippen molar-refractivity contribution in [3.8, 4) is 0 Å². The van der Waals surface area contributed by atoms with E-state index in [0.29, 0.717) is 24.0 Å². The van der Waals surface area contributed by atoms with Gasteiger partial charge in [-0.1, -0.05) is 15.9 Å². The summed E-state index contributed by atoms with van der Waals surface area (Å²) in [4.78, 5) is 30.9. The molecule has 116 valence electrons. The average Bonchev–Trinajstić information content (AvgIpc) is 2.50. The number of rotatable bonds is 2. The topological polar surface area (TPSA) is 67.2 Å². The molecule has 1 saturated heterocycles. The maximum absolute atomic E-state index is 12.5. The van der Waals surface area contributed by atoms with Gasteiger partial charge >= 0.3 is 0 Å². The van der Waals surface area contributed by atoms with E-state index >= 15 is 0 Å². The summed E-state index contributed by atoms with van der Waals surface area (Å²) in [7, 11) is 0. The van der Waals surface area contributed by atoms with Gasteiger partial charge in [-0.15, -0.1) is 0 Å². The Bertz CT molecular complexity index is 774. The van der Waals surface area contributed by atoms with Crippen LogP contribution in [0.1, 0.15) is 6.92 Å². The fourth-order valence-electron chi connectivity index (χ4n) is 2.65. The third-order valence-corrected chi connectivity index (χ3v) is 4.31. The number of hydrogen-bond donors (Lipinski definition) is 1. The molecular formula is C15H17BrN4O2. The smallest absolute Gasteiger partial charge is 0.261 e. The highest BCUT2D eigenvalue weighted by molar-refractivity contribution is 9.10. The first-order valence-electron chi connectivity index (χ1n) is 7.20. The number of hydrogen-bond acceptors (Lipinski definition) is 4. The van der Waals surface area contributed by atoms with Gasteiger partial charge in [0.1, 0.15) is 6.54 Å². The summed E-state index contributed by atoms with van der Waals surface area (Å²) in [6.07, 6.45) is 1.45. The molecule has 22 heavy (non-hydrogen) atoms. The van der Waals surface area contributed by atoms with E-state index in [2.05, 4.69) is 26.2 Å². The second kappa shape index (κ2) is 6.18. The van der Waals surface area contributed by atoms with E-state index in [9.17, 15) is 9.59 Å². The number of benzene rings is 1. The number of carbonyl (C=O) groups excluding carboxylic acids is 1. The molecular weight excluding hydrogens is 348 g/mol. The van der Waals surface area contributed by atoms with E-state index in [1.807, 2.05) is 13.0 Å². The molecule has 0 saturated carbocycles. The molecule has 1 unspecified atom stereocenters. The van der Waals surface area contributed by atoms with Crippen molar-refractivity contribution in [3.05, 3.63) is 39.4 Å². The number of amides is 1. The number of piperazine rings is 1. The standard InChI is InChI=1S/C15H17BrN4O2/c1-10-7-19(5-4-17-10)14(21)8-20-9-18-13-3-2-11(16)6-12(13)15(20)22/h2-3,6,9-10,17H,4-5,7-8H2,1H3. The lowest BCUT2D eigenvalue weighted by atomic mass is 10.2. The highest BCUT2D eigenvalue weighted by Crippen LogP contribution is 2.14.